The fraction of sp³-hybridized carbons (Fsp3) is 0.0476. The van der Waals surface area contributed by atoms with Gasteiger partial charge in [-0.05, 0) is 42.0 Å². The first kappa shape index (κ1) is 22.2. The predicted octanol–water partition coefficient (Wildman–Crippen LogP) is 3.97. The van der Waals surface area contributed by atoms with E-state index in [9.17, 15) is 17.6 Å². The molecule has 0 atom stereocenters. The number of primary sulfonamides is 1. The molecule has 158 valence electrons. The van der Waals surface area contributed by atoms with Crippen LogP contribution < -0.4 is 15.2 Å². The molecule has 0 bridgehead atoms. The normalized spacial score (nSPS) is 10.9. The van der Waals surface area contributed by atoms with Gasteiger partial charge in [0.25, 0.3) is 0 Å². The highest BCUT2D eigenvalue weighted by Gasteiger charge is 2.18. The summed E-state index contributed by atoms with van der Waals surface area (Å²) in [5, 5.41) is 17.2. The monoisotopic (exact) mass is 459 g/mol. The molecule has 0 aliphatic rings. The minimum Gasteiger partial charge on any atom is -0.456 e. The molecule has 3 rings (SSSR count). The molecule has 0 aliphatic carbocycles. The van der Waals surface area contributed by atoms with Gasteiger partial charge in [-0.1, -0.05) is 29.8 Å². The Bertz CT molecular complexity index is 1310. The van der Waals surface area contributed by atoms with E-state index in [1.807, 2.05) is 0 Å². The third-order valence-electron chi connectivity index (χ3n) is 4.13. The van der Waals surface area contributed by atoms with Crippen molar-refractivity contribution in [3.63, 3.8) is 0 Å². The maximum Gasteiger partial charge on any atom is 0.241 e. The summed E-state index contributed by atoms with van der Waals surface area (Å²) in [5.74, 6) is -1.27. The second kappa shape index (κ2) is 9.14. The summed E-state index contributed by atoms with van der Waals surface area (Å²) in [5.41, 5.74) is 0.515. The van der Waals surface area contributed by atoms with Crippen molar-refractivity contribution in [3.8, 4) is 17.6 Å². The van der Waals surface area contributed by atoms with Gasteiger partial charge in [0.2, 0.25) is 15.9 Å². The number of nitrogens with one attached hydrogen (secondary N) is 1. The van der Waals surface area contributed by atoms with Gasteiger partial charge >= 0.3 is 0 Å². The molecule has 0 spiro atoms. The lowest BCUT2D eigenvalue weighted by atomic mass is 10.1. The van der Waals surface area contributed by atoms with Crippen molar-refractivity contribution in [1.82, 2.24) is 0 Å². The van der Waals surface area contributed by atoms with Crippen LogP contribution in [-0.2, 0) is 21.2 Å². The lowest BCUT2D eigenvalue weighted by Crippen LogP contribution is -2.17. The van der Waals surface area contributed by atoms with Gasteiger partial charge in [0.15, 0.2) is 0 Å². The van der Waals surface area contributed by atoms with Gasteiger partial charge in [-0.2, -0.15) is 5.26 Å². The molecule has 0 saturated carbocycles. The Balaban J connectivity index is 1.86. The number of carbonyl (C=O) groups is 1. The molecule has 1 amide bonds. The smallest absolute Gasteiger partial charge is 0.241 e. The summed E-state index contributed by atoms with van der Waals surface area (Å²) in [7, 11) is -4.24. The summed E-state index contributed by atoms with van der Waals surface area (Å²) < 4.78 is 43.1. The van der Waals surface area contributed by atoms with Gasteiger partial charge in [0.1, 0.15) is 28.3 Å². The Kier molecular flexibility index (Phi) is 6.56. The van der Waals surface area contributed by atoms with Gasteiger partial charge in [-0.25, -0.2) is 17.9 Å². The minimum atomic E-state index is -4.24. The summed E-state index contributed by atoms with van der Waals surface area (Å²) in [4.78, 5) is 11.9. The first-order chi connectivity index (χ1) is 14.7. The maximum atomic E-state index is 13.5. The van der Waals surface area contributed by atoms with E-state index in [4.69, 9.17) is 26.7 Å². The van der Waals surface area contributed by atoms with Crippen molar-refractivity contribution in [3.05, 3.63) is 82.6 Å². The lowest BCUT2D eigenvalue weighted by molar-refractivity contribution is -0.115. The van der Waals surface area contributed by atoms with E-state index in [0.29, 0.717) is 10.6 Å². The number of sulfonamides is 1. The van der Waals surface area contributed by atoms with Crippen LogP contribution in [0.1, 0.15) is 11.1 Å². The summed E-state index contributed by atoms with van der Waals surface area (Å²) in [6.07, 6.45) is -0.0187. The van der Waals surface area contributed by atoms with E-state index in [-0.39, 0.29) is 29.2 Å². The van der Waals surface area contributed by atoms with Crippen LogP contribution in [0.5, 0.6) is 11.5 Å². The number of ether oxygens (including phenoxy) is 1. The minimum absolute atomic E-state index is 0.0187. The second-order valence-corrected chi connectivity index (χ2v) is 8.32. The van der Waals surface area contributed by atoms with E-state index < -0.39 is 26.6 Å². The highest BCUT2D eigenvalue weighted by Crippen LogP contribution is 2.31. The van der Waals surface area contributed by atoms with Crippen molar-refractivity contribution in [1.29, 1.82) is 5.26 Å². The number of anilines is 1. The number of carbonyl (C=O) groups excluding carboxylic acids is 1. The van der Waals surface area contributed by atoms with Crippen LogP contribution in [0.15, 0.2) is 65.6 Å². The molecule has 3 aromatic rings. The fourth-order valence-corrected chi connectivity index (χ4v) is 3.58. The number of nitrogens with two attached hydrogens (primary N) is 1. The van der Waals surface area contributed by atoms with Crippen molar-refractivity contribution >= 4 is 33.2 Å². The summed E-state index contributed by atoms with van der Waals surface area (Å²) in [6, 6.07) is 15.7. The Morgan fingerprint density at radius 3 is 2.58 bits per heavy atom. The van der Waals surface area contributed by atoms with Gasteiger partial charge in [-0.3, -0.25) is 4.79 Å². The number of benzene rings is 3. The van der Waals surface area contributed by atoms with Crippen molar-refractivity contribution in [2.75, 3.05) is 5.32 Å². The van der Waals surface area contributed by atoms with E-state index >= 15 is 0 Å². The summed E-state index contributed by atoms with van der Waals surface area (Å²) >= 11 is 6.05. The van der Waals surface area contributed by atoms with Crippen LogP contribution in [0.4, 0.5) is 10.1 Å². The molecule has 0 aliphatic heterocycles. The zero-order valence-electron chi connectivity index (χ0n) is 15.8. The number of amides is 1. The molecule has 0 heterocycles. The lowest BCUT2D eigenvalue weighted by Gasteiger charge is -2.13. The maximum absolute atomic E-state index is 13.5. The largest absolute Gasteiger partial charge is 0.456 e. The SMILES string of the molecule is N#Cc1cc(Oc2ccc(NC(=O)Cc3ccccc3Cl)cc2S(N)(=O)=O)ccc1F. The zero-order valence-corrected chi connectivity index (χ0v) is 17.4. The van der Waals surface area contributed by atoms with Crippen LogP contribution in [0, 0.1) is 17.1 Å². The summed E-state index contributed by atoms with van der Waals surface area (Å²) in [6.45, 7) is 0. The van der Waals surface area contributed by atoms with E-state index in [1.54, 1.807) is 30.3 Å². The van der Waals surface area contributed by atoms with E-state index in [2.05, 4.69) is 5.32 Å². The number of halogens is 2. The molecule has 7 nitrogen and oxygen atoms in total. The van der Waals surface area contributed by atoms with Gasteiger partial charge < -0.3 is 10.1 Å². The Labute approximate surface area is 182 Å². The van der Waals surface area contributed by atoms with Crippen molar-refractivity contribution in [2.24, 2.45) is 5.14 Å². The molecule has 0 unspecified atom stereocenters. The number of nitrogens with zero attached hydrogens (tertiary/aromatic N) is 1. The van der Waals surface area contributed by atoms with Crippen LogP contribution in [0.3, 0.4) is 0 Å². The highest BCUT2D eigenvalue weighted by atomic mass is 35.5. The standard InChI is InChI=1S/C21H15ClFN3O4S/c22-17-4-2-1-3-13(17)10-21(27)26-15-5-8-19(20(11-15)31(25,28)29)30-16-6-7-18(23)14(9-16)12-24/h1-9,11H,10H2,(H,26,27)(H2,25,28,29). The molecule has 3 aromatic carbocycles. The van der Waals surface area contributed by atoms with Crippen LogP contribution in [0.25, 0.3) is 0 Å². The van der Waals surface area contributed by atoms with Crippen molar-refractivity contribution < 1.29 is 22.3 Å². The molecule has 0 aromatic heterocycles. The number of nitriles is 1. The molecule has 3 N–H and O–H groups in total. The van der Waals surface area contributed by atoms with E-state index in [1.165, 1.54) is 18.2 Å². The van der Waals surface area contributed by atoms with Gasteiger partial charge in [0.05, 0.1) is 12.0 Å². The molecular weight excluding hydrogens is 445 g/mol. The average molecular weight is 460 g/mol. The Morgan fingerprint density at radius 1 is 1.16 bits per heavy atom. The molecule has 0 fully saturated rings. The van der Waals surface area contributed by atoms with E-state index in [0.717, 1.165) is 18.2 Å². The third kappa shape index (κ3) is 5.58. The first-order valence-electron chi connectivity index (χ1n) is 8.75. The third-order valence-corrected chi connectivity index (χ3v) is 5.43. The van der Waals surface area contributed by atoms with Crippen molar-refractivity contribution in [2.45, 2.75) is 11.3 Å². The number of hydrogen-bond acceptors (Lipinski definition) is 5. The van der Waals surface area contributed by atoms with Crippen LogP contribution in [0.2, 0.25) is 5.02 Å². The molecule has 31 heavy (non-hydrogen) atoms. The topological polar surface area (TPSA) is 122 Å². The number of rotatable bonds is 6. The fourth-order valence-electron chi connectivity index (χ4n) is 2.69. The highest BCUT2D eigenvalue weighted by molar-refractivity contribution is 7.89. The zero-order chi connectivity index (χ0) is 22.6. The predicted molar refractivity (Wildman–Crippen MR) is 113 cm³/mol. The van der Waals surface area contributed by atoms with Crippen LogP contribution in [-0.4, -0.2) is 14.3 Å². The molecular formula is C21H15ClFN3O4S. The quantitative estimate of drug-likeness (QED) is 0.577. The van der Waals surface area contributed by atoms with Gasteiger partial charge in [0, 0.05) is 16.8 Å². The van der Waals surface area contributed by atoms with Gasteiger partial charge in [-0.15, -0.1) is 0 Å². The molecule has 0 radical (unpaired) electrons. The van der Waals surface area contributed by atoms with Crippen LogP contribution >= 0.6 is 11.6 Å². The number of hydrogen-bond donors (Lipinski definition) is 2. The first-order valence-corrected chi connectivity index (χ1v) is 10.7. The molecule has 0 saturated heterocycles. The Hall–Kier alpha value is -3.45. The second-order valence-electron chi connectivity index (χ2n) is 6.38. The molecule has 10 heteroatoms. The Morgan fingerprint density at radius 2 is 1.90 bits per heavy atom. The average Bonchev–Trinajstić information content (AvgIpc) is 2.71.